The first-order valence-electron chi connectivity index (χ1n) is 11.2. The average Bonchev–Trinajstić information content (AvgIpc) is 3.12. The average molecular weight is 420 g/mol. The molecule has 1 saturated heterocycles. The maximum absolute atomic E-state index is 12.3. The largest absolute Gasteiger partial charge is 0.476 e. The van der Waals surface area contributed by atoms with Gasteiger partial charge < -0.3 is 9.47 Å². The number of allylic oxidation sites excluding steroid dienone is 3. The van der Waals surface area contributed by atoms with Gasteiger partial charge in [0.15, 0.2) is 18.1 Å². The van der Waals surface area contributed by atoms with Crippen LogP contribution in [0.5, 0.6) is 0 Å². The summed E-state index contributed by atoms with van der Waals surface area (Å²) in [6.07, 6.45) is 10.2. The Bertz CT molecular complexity index is 1470. The van der Waals surface area contributed by atoms with Gasteiger partial charge >= 0.3 is 0 Å². The number of aldehydes is 1. The summed E-state index contributed by atoms with van der Waals surface area (Å²) in [7, 11) is 0. The van der Waals surface area contributed by atoms with Gasteiger partial charge in [-0.25, -0.2) is 0 Å². The number of hydrogen-bond donors (Lipinski definition) is 0. The molecule has 4 nitrogen and oxygen atoms in total. The quantitative estimate of drug-likeness (QED) is 0.333. The van der Waals surface area contributed by atoms with E-state index < -0.39 is 17.5 Å². The van der Waals surface area contributed by atoms with Crippen molar-refractivity contribution in [1.82, 2.24) is 0 Å². The van der Waals surface area contributed by atoms with Gasteiger partial charge in [0.2, 0.25) is 5.60 Å². The molecular formula is C28H20O4. The van der Waals surface area contributed by atoms with Gasteiger partial charge in [-0.15, -0.1) is 0 Å². The lowest BCUT2D eigenvalue weighted by atomic mass is 9.75. The third-order valence-electron chi connectivity index (χ3n) is 7.40. The van der Waals surface area contributed by atoms with Crippen LogP contribution in [0.15, 0.2) is 77.8 Å². The lowest BCUT2D eigenvalue weighted by Gasteiger charge is -2.45. The van der Waals surface area contributed by atoms with Gasteiger partial charge in [-0.2, -0.15) is 0 Å². The molecule has 2 aliphatic carbocycles. The SMILES string of the molecule is O=CC(=O)C1=C2C3=CC=CC2(O3)C(c2cccc3c2ccc2c4c(ccc23)CCCC4)O1. The van der Waals surface area contributed by atoms with Crippen LogP contribution in [0.2, 0.25) is 0 Å². The molecule has 2 unspecified atom stereocenters. The van der Waals surface area contributed by atoms with Gasteiger partial charge in [0.05, 0.1) is 5.57 Å². The number of carbonyl (C=O) groups is 2. The van der Waals surface area contributed by atoms with Gasteiger partial charge in [0.25, 0.3) is 5.78 Å². The predicted octanol–water partition coefficient (Wildman–Crippen LogP) is 5.19. The third kappa shape index (κ3) is 2.12. The van der Waals surface area contributed by atoms with Crippen LogP contribution < -0.4 is 0 Å². The Morgan fingerprint density at radius 1 is 0.969 bits per heavy atom. The number of ketones is 1. The monoisotopic (exact) mass is 420 g/mol. The summed E-state index contributed by atoms with van der Waals surface area (Å²) in [6.45, 7) is 0. The highest BCUT2D eigenvalue weighted by atomic mass is 16.6. The van der Waals surface area contributed by atoms with E-state index in [0.29, 0.717) is 17.6 Å². The second-order valence-corrected chi connectivity index (χ2v) is 8.98. The Hall–Kier alpha value is -3.66. The van der Waals surface area contributed by atoms with E-state index in [4.69, 9.17) is 9.47 Å². The summed E-state index contributed by atoms with van der Waals surface area (Å²) < 4.78 is 12.3. The van der Waals surface area contributed by atoms with Crippen LogP contribution in [0, 0.1) is 0 Å². The van der Waals surface area contributed by atoms with Crippen molar-refractivity contribution < 1.29 is 19.1 Å². The second kappa shape index (κ2) is 6.19. The van der Waals surface area contributed by atoms with E-state index in [0.717, 1.165) is 23.8 Å². The zero-order chi connectivity index (χ0) is 21.4. The van der Waals surface area contributed by atoms with E-state index >= 15 is 0 Å². The molecule has 156 valence electrons. The molecule has 4 heteroatoms. The van der Waals surface area contributed by atoms with E-state index in [1.807, 2.05) is 24.3 Å². The Morgan fingerprint density at radius 2 is 1.78 bits per heavy atom. The fourth-order valence-electron chi connectivity index (χ4n) is 5.98. The number of ether oxygens (including phenoxy) is 2. The van der Waals surface area contributed by atoms with Crippen LogP contribution in [0.25, 0.3) is 21.5 Å². The smallest absolute Gasteiger partial charge is 0.260 e. The minimum atomic E-state index is -0.850. The predicted molar refractivity (Wildman–Crippen MR) is 121 cm³/mol. The highest BCUT2D eigenvalue weighted by Gasteiger charge is 2.63. The Labute approximate surface area is 184 Å². The third-order valence-corrected chi connectivity index (χ3v) is 7.40. The van der Waals surface area contributed by atoms with Gasteiger partial charge in [0.1, 0.15) is 5.76 Å². The Kier molecular flexibility index (Phi) is 3.48. The van der Waals surface area contributed by atoms with Crippen LogP contribution in [-0.2, 0) is 31.9 Å². The lowest BCUT2D eigenvalue weighted by Crippen LogP contribution is -2.47. The first kappa shape index (κ1) is 18.0. The molecule has 7 rings (SSSR count). The standard InChI is InChI=1S/C28H20O4/c29-15-23(30)26-25-24-9-4-14-28(25,32-24)27(31-26)22-8-3-7-18-20-11-10-16-5-1-2-6-17(16)19(20)12-13-21(18)22/h3-4,7-15,27H,1-2,5-6H2. The maximum atomic E-state index is 12.3. The summed E-state index contributed by atoms with van der Waals surface area (Å²) in [5, 5.41) is 4.82. The molecule has 2 atom stereocenters. The van der Waals surface area contributed by atoms with Crippen molar-refractivity contribution in [2.24, 2.45) is 0 Å². The zero-order valence-electron chi connectivity index (χ0n) is 17.4. The molecule has 32 heavy (non-hydrogen) atoms. The molecule has 2 bridgehead atoms. The molecule has 4 aliphatic rings. The molecule has 0 saturated carbocycles. The number of hydrogen-bond acceptors (Lipinski definition) is 4. The first-order valence-corrected chi connectivity index (χ1v) is 11.2. The van der Waals surface area contributed by atoms with Crippen molar-refractivity contribution >= 4 is 33.6 Å². The Balaban J connectivity index is 1.43. The molecule has 1 fully saturated rings. The number of Topliss-reactive ketones (excluding diaryl/α,β-unsaturated/α-hetero) is 1. The molecule has 0 radical (unpaired) electrons. The molecule has 0 spiro atoms. The van der Waals surface area contributed by atoms with E-state index in [9.17, 15) is 9.59 Å². The number of rotatable bonds is 3. The van der Waals surface area contributed by atoms with Crippen LogP contribution in [0.4, 0.5) is 0 Å². The molecule has 2 heterocycles. The minimum absolute atomic E-state index is 0.110. The van der Waals surface area contributed by atoms with Gasteiger partial charge in [0, 0.05) is 5.56 Å². The molecule has 3 aromatic carbocycles. The summed E-state index contributed by atoms with van der Waals surface area (Å²) in [4.78, 5) is 23.6. The molecule has 0 amide bonds. The highest BCUT2D eigenvalue weighted by Crippen LogP contribution is 2.61. The van der Waals surface area contributed by atoms with Crippen molar-refractivity contribution in [2.45, 2.75) is 37.4 Å². The van der Waals surface area contributed by atoms with Gasteiger partial charge in [-0.3, -0.25) is 9.59 Å². The molecule has 0 N–H and O–H groups in total. The lowest BCUT2D eigenvalue weighted by molar-refractivity contribution is -0.130. The molecular weight excluding hydrogens is 400 g/mol. The van der Waals surface area contributed by atoms with Crippen molar-refractivity contribution in [3.8, 4) is 0 Å². The van der Waals surface area contributed by atoms with Crippen molar-refractivity contribution in [3.63, 3.8) is 0 Å². The van der Waals surface area contributed by atoms with Crippen molar-refractivity contribution in [2.75, 3.05) is 0 Å². The fraction of sp³-hybridized carbons (Fsp3) is 0.214. The summed E-state index contributed by atoms with van der Waals surface area (Å²) in [5.41, 5.74) is 3.74. The second-order valence-electron chi connectivity index (χ2n) is 8.98. The van der Waals surface area contributed by atoms with E-state index in [2.05, 4.69) is 30.3 Å². The number of fused-ring (bicyclic) bond motifs is 5. The van der Waals surface area contributed by atoms with Crippen LogP contribution in [-0.4, -0.2) is 17.7 Å². The highest BCUT2D eigenvalue weighted by molar-refractivity contribution is 6.33. The van der Waals surface area contributed by atoms with E-state index in [1.165, 1.54) is 40.1 Å². The number of carbonyl (C=O) groups excluding carboxylic acids is 2. The van der Waals surface area contributed by atoms with Crippen LogP contribution in [0.3, 0.4) is 0 Å². The minimum Gasteiger partial charge on any atom is -0.476 e. The molecule has 3 aromatic rings. The van der Waals surface area contributed by atoms with Crippen molar-refractivity contribution in [3.05, 3.63) is 94.5 Å². The normalized spacial score (nSPS) is 24.9. The van der Waals surface area contributed by atoms with Gasteiger partial charge in [-0.1, -0.05) is 48.5 Å². The Morgan fingerprint density at radius 3 is 2.66 bits per heavy atom. The van der Waals surface area contributed by atoms with E-state index in [-0.39, 0.29) is 5.76 Å². The fourth-order valence-corrected chi connectivity index (χ4v) is 5.98. The summed E-state index contributed by atoms with van der Waals surface area (Å²) in [6, 6.07) is 15.1. The number of aryl methyl sites for hydroxylation is 2. The van der Waals surface area contributed by atoms with Gasteiger partial charge in [-0.05, 0) is 70.5 Å². The van der Waals surface area contributed by atoms with Crippen LogP contribution in [0.1, 0.15) is 35.6 Å². The van der Waals surface area contributed by atoms with E-state index in [1.54, 1.807) is 6.08 Å². The topological polar surface area (TPSA) is 52.6 Å². The molecule has 2 aliphatic heterocycles. The summed E-state index contributed by atoms with van der Waals surface area (Å²) >= 11 is 0. The first-order chi connectivity index (χ1) is 15.7. The number of benzene rings is 3. The zero-order valence-corrected chi connectivity index (χ0v) is 17.4. The van der Waals surface area contributed by atoms with Crippen LogP contribution >= 0.6 is 0 Å². The molecule has 0 aromatic heterocycles. The maximum Gasteiger partial charge on any atom is 0.260 e. The summed E-state index contributed by atoms with van der Waals surface area (Å²) in [5.74, 6) is 0.0740. The van der Waals surface area contributed by atoms with Crippen molar-refractivity contribution in [1.29, 1.82) is 0 Å².